The van der Waals surface area contributed by atoms with E-state index in [1.54, 1.807) is 62.3 Å². The summed E-state index contributed by atoms with van der Waals surface area (Å²) in [6, 6.07) is 4.35. The standard InChI is InChI=1S/C37H62N4O8/c1-34(2,3)25-18-16-24(17-19-25)23-26(38)30(43)39-22-14-13-15-27(31(44)48-36(7,8)9)40-33(46)41-28(32(45)49-37(10,11)12)20-21-29(42)47-35(4,5)6/h16-19,26-28H,13-15,20-23,38H2,1-12H3,(H,39,43)(H2,40,41,46)/t26-,27-,28-/m0/s1. The SMILES string of the molecule is CC(C)(C)OC(=O)CC[C@H](NC(=O)N[C@@H](CCCCNC(=O)[C@@H](N)Cc1ccc(C(C)(C)C)cc1)C(=O)OC(C)(C)C)C(=O)OC(C)(C)C. The monoisotopic (exact) mass is 690 g/mol. The maximum Gasteiger partial charge on any atom is 0.329 e. The molecule has 0 bridgehead atoms. The molecule has 1 aromatic carbocycles. The molecule has 49 heavy (non-hydrogen) atoms. The molecule has 1 rings (SSSR count). The van der Waals surface area contributed by atoms with Gasteiger partial charge < -0.3 is 35.9 Å². The first-order chi connectivity index (χ1) is 22.3. The molecule has 0 unspecified atom stereocenters. The van der Waals surface area contributed by atoms with Crippen LogP contribution in [0.2, 0.25) is 0 Å². The van der Waals surface area contributed by atoms with Gasteiger partial charge in [0.05, 0.1) is 6.04 Å². The lowest BCUT2D eigenvalue weighted by molar-refractivity contribution is -0.159. The Morgan fingerprint density at radius 1 is 0.673 bits per heavy atom. The van der Waals surface area contributed by atoms with E-state index < -0.39 is 58.9 Å². The molecule has 0 aliphatic heterocycles. The molecule has 5 N–H and O–H groups in total. The number of nitrogens with one attached hydrogen (secondary N) is 3. The van der Waals surface area contributed by atoms with Crippen LogP contribution in [0.4, 0.5) is 4.79 Å². The van der Waals surface area contributed by atoms with Gasteiger partial charge in [0, 0.05) is 13.0 Å². The number of hydrogen-bond donors (Lipinski definition) is 4. The Kier molecular flexibility index (Phi) is 16.2. The zero-order valence-corrected chi connectivity index (χ0v) is 31.8. The number of nitrogens with two attached hydrogens (primary N) is 1. The van der Waals surface area contributed by atoms with Crippen molar-refractivity contribution < 1.29 is 38.2 Å². The number of carbonyl (C=O) groups excluding carboxylic acids is 5. The lowest BCUT2D eigenvalue weighted by Gasteiger charge is -2.27. The van der Waals surface area contributed by atoms with Crippen LogP contribution in [-0.4, -0.2) is 71.3 Å². The molecular weight excluding hydrogens is 628 g/mol. The Balaban J connectivity index is 2.81. The van der Waals surface area contributed by atoms with Crippen LogP contribution in [-0.2, 0) is 45.2 Å². The third-order valence-electron chi connectivity index (χ3n) is 6.88. The summed E-state index contributed by atoms with van der Waals surface area (Å²) in [5.74, 6) is -2.18. The van der Waals surface area contributed by atoms with Gasteiger partial charge in [0.1, 0.15) is 28.9 Å². The van der Waals surface area contributed by atoms with Gasteiger partial charge in [0.25, 0.3) is 0 Å². The van der Waals surface area contributed by atoms with Gasteiger partial charge in [-0.25, -0.2) is 14.4 Å². The van der Waals surface area contributed by atoms with E-state index in [0.717, 1.165) is 5.56 Å². The molecule has 3 atom stereocenters. The number of urea groups is 1. The average molecular weight is 691 g/mol. The number of ether oxygens (including phenoxy) is 3. The zero-order chi connectivity index (χ0) is 37.8. The number of carbonyl (C=O) groups is 5. The van der Waals surface area contributed by atoms with Crippen LogP contribution in [0.3, 0.4) is 0 Å². The van der Waals surface area contributed by atoms with E-state index in [2.05, 4.69) is 48.9 Å². The predicted molar refractivity (Wildman–Crippen MR) is 190 cm³/mol. The van der Waals surface area contributed by atoms with Crippen LogP contribution in [0.25, 0.3) is 0 Å². The molecular formula is C37H62N4O8. The van der Waals surface area contributed by atoms with Crippen molar-refractivity contribution in [3.05, 3.63) is 35.4 Å². The van der Waals surface area contributed by atoms with Crippen molar-refractivity contribution in [3.63, 3.8) is 0 Å². The Bertz CT molecular complexity index is 1250. The molecule has 0 aliphatic carbocycles. The molecule has 0 aliphatic rings. The number of amides is 3. The van der Waals surface area contributed by atoms with E-state index in [1.165, 1.54) is 5.56 Å². The van der Waals surface area contributed by atoms with Crippen molar-refractivity contribution >= 4 is 29.8 Å². The molecule has 0 spiro atoms. The van der Waals surface area contributed by atoms with Crippen molar-refractivity contribution in [1.82, 2.24) is 16.0 Å². The van der Waals surface area contributed by atoms with Crippen molar-refractivity contribution in [2.75, 3.05) is 6.54 Å². The summed E-state index contributed by atoms with van der Waals surface area (Å²) in [4.78, 5) is 64.1. The summed E-state index contributed by atoms with van der Waals surface area (Å²) in [5, 5.41) is 8.02. The molecule has 278 valence electrons. The molecule has 0 heterocycles. The fourth-order valence-corrected chi connectivity index (χ4v) is 4.56. The second-order valence-electron chi connectivity index (χ2n) is 16.5. The summed E-state index contributed by atoms with van der Waals surface area (Å²) in [6.45, 7) is 22.2. The lowest BCUT2D eigenvalue weighted by Crippen LogP contribution is -2.53. The highest BCUT2D eigenvalue weighted by Gasteiger charge is 2.31. The number of benzene rings is 1. The molecule has 0 saturated carbocycles. The van der Waals surface area contributed by atoms with Gasteiger partial charge in [0.15, 0.2) is 0 Å². The molecule has 3 amide bonds. The number of rotatable bonds is 15. The first-order valence-electron chi connectivity index (χ1n) is 17.1. The summed E-state index contributed by atoms with van der Waals surface area (Å²) in [7, 11) is 0. The highest BCUT2D eigenvalue weighted by Crippen LogP contribution is 2.22. The smallest absolute Gasteiger partial charge is 0.329 e. The number of hydrogen-bond acceptors (Lipinski definition) is 9. The minimum atomic E-state index is -1.18. The van der Waals surface area contributed by atoms with E-state index in [1.807, 2.05) is 12.1 Å². The highest BCUT2D eigenvalue weighted by molar-refractivity contribution is 5.87. The molecule has 0 fully saturated rings. The third-order valence-corrected chi connectivity index (χ3v) is 6.88. The summed E-state index contributed by atoms with van der Waals surface area (Å²) in [5.41, 5.74) is 6.01. The Labute approximate surface area is 293 Å². The fourth-order valence-electron chi connectivity index (χ4n) is 4.56. The van der Waals surface area contributed by atoms with E-state index in [0.29, 0.717) is 25.8 Å². The predicted octanol–water partition coefficient (Wildman–Crippen LogP) is 4.98. The van der Waals surface area contributed by atoms with Gasteiger partial charge in [0.2, 0.25) is 5.91 Å². The van der Waals surface area contributed by atoms with Gasteiger partial charge in [-0.2, -0.15) is 0 Å². The van der Waals surface area contributed by atoms with Crippen molar-refractivity contribution in [1.29, 1.82) is 0 Å². The number of esters is 3. The highest BCUT2D eigenvalue weighted by atomic mass is 16.6. The lowest BCUT2D eigenvalue weighted by atomic mass is 9.86. The summed E-state index contributed by atoms with van der Waals surface area (Å²) < 4.78 is 16.3. The normalized spacial score (nSPS) is 14.1. The minimum absolute atomic E-state index is 0.0333. The van der Waals surface area contributed by atoms with Gasteiger partial charge in [-0.1, -0.05) is 45.0 Å². The molecule has 0 saturated heterocycles. The van der Waals surface area contributed by atoms with Crippen molar-refractivity contribution in [3.8, 4) is 0 Å². The molecule has 1 aromatic rings. The van der Waals surface area contributed by atoms with E-state index in [-0.39, 0.29) is 30.6 Å². The van der Waals surface area contributed by atoms with E-state index in [9.17, 15) is 24.0 Å². The van der Waals surface area contributed by atoms with E-state index in [4.69, 9.17) is 19.9 Å². The number of unbranched alkanes of at least 4 members (excludes halogenated alkanes) is 1. The first kappa shape index (κ1) is 43.4. The Hall–Kier alpha value is -3.67. The second kappa shape index (κ2) is 18.4. The quantitative estimate of drug-likeness (QED) is 0.112. The minimum Gasteiger partial charge on any atom is -0.460 e. The Morgan fingerprint density at radius 3 is 1.59 bits per heavy atom. The van der Waals surface area contributed by atoms with E-state index >= 15 is 0 Å². The largest absolute Gasteiger partial charge is 0.460 e. The van der Waals surface area contributed by atoms with Crippen molar-refractivity contribution in [2.24, 2.45) is 5.73 Å². The van der Waals surface area contributed by atoms with Crippen LogP contribution in [0, 0.1) is 0 Å². The molecule has 0 aromatic heterocycles. The van der Waals surface area contributed by atoms with Gasteiger partial charge in [-0.15, -0.1) is 0 Å². The summed E-state index contributed by atoms with van der Waals surface area (Å²) >= 11 is 0. The molecule has 12 heteroatoms. The Morgan fingerprint density at radius 2 is 1.14 bits per heavy atom. The first-order valence-corrected chi connectivity index (χ1v) is 17.1. The zero-order valence-electron chi connectivity index (χ0n) is 31.8. The second-order valence-corrected chi connectivity index (χ2v) is 16.5. The molecule has 0 radical (unpaired) electrons. The third kappa shape index (κ3) is 19.2. The molecule has 12 nitrogen and oxygen atoms in total. The van der Waals surface area contributed by atoms with Crippen LogP contribution in [0.5, 0.6) is 0 Å². The van der Waals surface area contributed by atoms with Crippen LogP contribution < -0.4 is 21.7 Å². The average Bonchev–Trinajstić information content (AvgIpc) is 2.91. The van der Waals surface area contributed by atoms with Crippen molar-refractivity contribution in [2.45, 2.75) is 162 Å². The summed E-state index contributed by atoms with van der Waals surface area (Å²) in [6.07, 6.45) is 1.37. The van der Waals surface area contributed by atoms with Gasteiger partial charge in [-0.3, -0.25) is 9.59 Å². The fraction of sp³-hybridized carbons (Fsp3) is 0.703. The van der Waals surface area contributed by atoms with Gasteiger partial charge >= 0.3 is 23.9 Å². The van der Waals surface area contributed by atoms with Gasteiger partial charge in [-0.05, 0) is 111 Å². The van der Waals surface area contributed by atoms with Crippen LogP contribution in [0.15, 0.2) is 24.3 Å². The van der Waals surface area contributed by atoms with Crippen LogP contribution in [0.1, 0.15) is 126 Å². The topological polar surface area (TPSA) is 175 Å². The maximum absolute atomic E-state index is 13.1. The van der Waals surface area contributed by atoms with Crippen LogP contribution >= 0.6 is 0 Å². The maximum atomic E-state index is 13.1.